The lowest BCUT2D eigenvalue weighted by atomic mass is 10.0. The molecule has 3 heterocycles. The maximum atomic E-state index is 13.6. The summed E-state index contributed by atoms with van der Waals surface area (Å²) in [6, 6.07) is 18.0. The molecule has 1 fully saturated rings. The monoisotopic (exact) mass is 729 g/mol. The molecule has 0 amide bonds. The van der Waals surface area contributed by atoms with Crippen molar-refractivity contribution >= 4 is 46.5 Å². The third kappa shape index (κ3) is 9.94. The summed E-state index contributed by atoms with van der Waals surface area (Å²) in [4.78, 5) is 33.4. The number of hydrogen-bond acceptors (Lipinski definition) is 10. The fourth-order valence-electron chi connectivity index (χ4n) is 5.71. The number of pyridine rings is 1. The summed E-state index contributed by atoms with van der Waals surface area (Å²) < 4.78 is 22.8. The number of esters is 2. The summed E-state index contributed by atoms with van der Waals surface area (Å²) in [6.45, 7) is 1.71. The molecule has 0 radical (unpaired) electrons. The number of benzene rings is 2. The number of nitrogens with one attached hydrogen (secondary N) is 2. The zero-order valence-electron chi connectivity index (χ0n) is 27.6. The van der Waals surface area contributed by atoms with Crippen LogP contribution in [0.25, 0.3) is 0 Å². The summed E-state index contributed by atoms with van der Waals surface area (Å²) in [6.07, 6.45) is 6.06. The van der Waals surface area contributed by atoms with E-state index in [9.17, 15) is 9.59 Å². The van der Waals surface area contributed by atoms with Gasteiger partial charge in [-0.2, -0.15) is 0 Å². The second-order valence-corrected chi connectivity index (χ2v) is 13.6. The van der Waals surface area contributed by atoms with Crippen LogP contribution in [0.5, 0.6) is 11.5 Å². The van der Waals surface area contributed by atoms with Crippen molar-refractivity contribution < 1.29 is 39.0 Å². The highest BCUT2D eigenvalue weighted by atomic mass is 35.5. The minimum absolute atomic E-state index is 0. The van der Waals surface area contributed by atoms with Crippen LogP contribution in [0, 0.1) is 0 Å². The van der Waals surface area contributed by atoms with E-state index in [-0.39, 0.29) is 23.9 Å². The Morgan fingerprint density at radius 3 is 2.41 bits per heavy atom. The van der Waals surface area contributed by atoms with Crippen molar-refractivity contribution in [2.75, 3.05) is 34.4 Å². The van der Waals surface area contributed by atoms with Crippen molar-refractivity contribution in [1.29, 1.82) is 0 Å². The van der Waals surface area contributed by atoms with Gasteiger partial charge >= 0.3 is 11.9 Å². The number of halogens is 2. The van der Waals surface area contributed by atoms with E-state index < -0.39 is 18.1 Å². The second-order valence-electron chi connectivity index (χ2n) is 11.6. The number of carbonyl (C=O) groups excluding carboxylic acids is 2. The molecule has 5 rings (SSSR count). The van der Waals surface area contributed by atoms with E-state index in [2.05, 4.69) is 22.2 Å². The highest BCUT2D eigenvalue weighted by Gasteiger charge is 2.27. The number of aromatic nitrogens is 1. The molecule has 2 unspecified atom stereocenters. The van der Waals surface area contributed by atoms with E-state index in [1.165, 1.54) is 11.3 Å². The first-order chi connectivity index (χ1) is 23.3. The standard InChI is InChI=1S/C36H39Cl2N3O6S.H2O/c1-41-16-8-7-11-25(41)22-46-36(43)34(23-9-5-4-6-10-23)40-19-26-13-15-33(48-26)35(42)47-31(18-27-28(37)20-39-21-29(27)38)24-12-14-30(44-2)32(17-24)45-3;/h4-6,9-10,12-15,17,20-21,25,31,34,40H,7-8,11,16,18-19,22H2,1-3H3;1H2/t25?,31-,34?;/m0./s1. The quantitative estimate of drug-likeness (QED) is 0.141. The summed E-state index contributed by atoms with van der Waals surface area (Å²) in [5.74, 6) is 0.212. The zero-order valence-corrected chi connectivity index (χ0v) is 29.9. The van der Waals surface area contributed by atoms with Crippen LogP contribution in [-0.4, -0.2) is 62.8 Å². The number of ether oxygens (including phenoxy) is 4. The molecule has 0 aliphatic carbocycles. The van der Waals surface area contributed by atoms with E-state index in [1.54, 1.807) is 44.8 Å². The number of hydrogen-bond donors (Lipinski definition) is 1. The van der Waals surface area contributed by atoms with Gasteiger partial charge < -0.3 is 29.3 Å². The minimum Gasteiger partial charge on any atom is -0.870 e. The number of carbonyl (C=O) groups is 2. The Kier molecular flexibility index (Phi) is 14.3. The largest absolute Gasteiger partial charge is 0.870 e. The summed E-state index contributed by atoms with van der Waals surface area (Å²) in [5, 5.41) is 4.19. The molecule has 0 spiro atoms. The Bertz CT molecular complexity index is 1670. The van der Waals surface area contributed by atoms with E-state index in [1.807, 2.05) is 42.5 Å². The molecule has 10 nitrogen and oxygen atoms in total. The predicted molar refractivity (Wildman–Crippen MR) is 188 cm³/mol. The maximum Gasteiger partial charge on any atom is 0.348 e. The lowest BCUT2D eigenvalue weighted by Gasteiger charge is -2.32. The Morgan fingerprint density at radius 2 is 1.71 bits per heavy atom. The van der Waals surface area contributed by atoms with Crippen molar-refractivity contribution in [3.05, 3.63) is 110 Å². The normalized spacial score (nSPS) is 15.8. The molecule has 0 bridgehead atoms. The molecule has 49 heavy (non-hydrogen) atoms. The fourth-order valence-corrected chi connectivity index (χ4v) is 7.08. The van der Waals surface area contributed by atoms with Crippen LogP contribution < -0.4 is 19.8 Å². The van der Waals surface area contributed by atoms with Crippen LogP contribution in [-0.2, 0) is 27.2 Å². The molecule has 262 valence electrons. The predicted octanol–water partition coefficient (Wildman–Crippen LogP) is 6.71. The SMILES string of the molecule is COc1ccc([C@H](Cc2c(Cl)c[nH+]cc2Cl)OC(=O)c2ccc(CNC(C(=O)OCC3CCCCN3C)c3ccccc3)s2)cc1OC.[OH-]. The third-order valence-corrected chi connectivity index (χ3v) is 10.2. The van der Waals surface area contributed by atoms with E-state index in [0.717, 1.165) is 36.2 Å². The summed E-state index contributed by atoms with van der Waals surface area (Å²) >= 11 is 14.2. The first-order valence-electron chi connectivity index (χ1n) is 15.8. The van der Waals surface area contributed by atoms with E-state index >= 15 is 0 Å². The molecule has 13 heteroatoms. The van der Waals surface area contributed by atoms with Crippen LogP contribution >= 0.6 is 34.5 Å². The average molecular weight is 731 g/mol. The Morgan fingerprint density at radius 1 is 0.980 bits per heavy atom. The van der Waals surface area contributed by atoms with Crippen molar-refractivity contribution in [2.45, 2.75) is 50.4 Å². The van der Waals surface area contributed by atoms with Gasteiger partial charge in [0, 0.05) is 29.4 Å². The van der Waals surface area contributed by atoms with Crippen molar-refractivity contribution in [1.82, 2.24) is 10.2 Å². The molecule has 1 saturated heterocycles. The van der Waals surface area contributed by atoms with Gasteiger partial charge in [-0.15, -0.1) is 11.3 Å². The Balaban J connectivity index is 0.00000541. The van der Waals surface area contributed by atoms with Crippen molar-refractivity contribution in [3.63, 3.8) is 0 Å². The minimum atomic E-state index is -0.737. The summed E-state index contributed by atoms with van der Waals surface area (Å²) in [5.41, 5.74) is 2.13. The molecule has 3 N–H and O–H groups in total. The van der Waals surface area contributed by atoms with Gasteiger partial charge in [0.1, 0.15) is 33.7 Å². The lowest BCUT2D eigenvalue weighted by Crippen LogP contribution is -2.41. The number of methoxy groups -OCH3 is 2. The number of aromatic amines is 1. The van der Waals surface area contributed by atoms with Gasteiger partial charge in [0.25, 0.3) is 0 Å². The highest BCUT2D eigenvalue weighted by molar-refractivity contribution is 7.13. The van der Waals surface area contributed by atoms with Gasteiger partial charge in [0.05, 0.1) is 14.2 Å². The van der Waals surface area contributed by atoms with E-state index in [0.29, 0.717) is 50.7 Å². The molecular formula is C36H41Cl2N3O7S. The second kappa shape index (κ2) is 18.3. The first kappa shape index (κ1) is 38.1. The van der Waals surface area contributed by atoms with Gasteiger partial charge in [-0.3, -0.25) is 5.32 Å². The molecule has 2 aromatic carbocycles. The lowest BCUT2D eigenvalue weighted by molar-refractivity contribution is -0.377. The Labute approximate surface area is 300 Å². The van der Waals surface area contributed by atoms with Crippen LogP contribution in [0.2, 0.25) is 10.0 Å². The van der Waals surface area contributed by atoms with E-state index in [4.69, 9.17) is 42.1 Å². The van der Waals surface area contributed by atoms with Crippen LogP contribution in [0.15, 0.2) is 73.1 Å². The molecule has 2 aromatic heterocycles. The number of likely N-dealkylation sites (tertiary alicyclic amines) is 1. The van der Waals surface area contributed by atoms with Crippen LogP contribution in [0.4, 0.5) is 0 Å². The first-order valence-corrected chi connectivity index (χ1v) is 17.4. The third-order valence-electron chi connectivity index (χ3n) is 8.47. The van der Waals surface area contributed by atoms with Gasteiger partial charge in [-0.25, -0.2) is 14.6 Å². The number of piperidine rings is 1. The number of rotatable bonds is 14. The fraction of sp³-hybridized carbons (Fsp3) is 0.361. The molecule has 1 aliphatic heterocycles. The van der Waals surface area contributed by atoms with Gasteiger partial charge in [-0.1, -0.05) is 66.0 Å². The molecule has 1 aliphatic rings. The zero-order chi connectivity index (χ0) is 34.0. The van der Waals surface area contributed by atoms with Gasteiger partial charge in [-0.05, 0) is 61.8 Å². The summed E-state index contributed by atoms with van der Waals surface area (Å²) in [7, 11) is 5.17. The molecule has 0 saturated carbocycles. The smallest absolute Gasteiger partial charge is 0.348 e. The topological polar surface area (TPSA) is 130 Å². The van der Waals surface area contributed by atoms with Gasteiger partial charge in [0.2, 0.25) is 0 Å². The number of H-pyrrole nitrogens is 1. The number of likely N-dealkylation sites (N-methyl/N-ethyl adjacent to an activating group) is 1. The highest BCUT2D eigenvalue weighted by Crippen LogP contribution is 2.36. The maximum absolute atomic E-state index is 13.6. The Hall–Kier alpha value is -3.71. The van der Waals surface area contributed by atoms with Crippen LogP contribution in [0.3, 0.4) is 0 Å². The van der Waals surface area contributed by atoms with Crippen molar-refractivity contribution in [2.24, 2.45) is 0 Å². The van der Waals surface area contributed by atoms with Gasteiger partial charge in [0.15, 0.2) is 23.9 Å². The van der Waals surface area contributed by atoms with Crippen molar-refractivity contribution in [3.8, 4) is 11.5 Å². The molecule has 4 aromatic rings. The number of nitrogens with zero attached hydrogens (tertiary/aromatic N) is 1. The average Bonchev–Trinajstić information content (AvgIpc) is 3.58. The van der Waals surface area contributed by atoms with Crippen LogP contribution in [0.1, 0.15) is 62.6 Å². The molecular weight excluding hydrogens is 689 g/mol. The number of thiophene rings is 1. The molecule has 3 atom stereocenters.